The van der Waals surface area contributed by atoms with E-state index in [1.165, 1.54) is 18.2 Å². The third-order valence-corrected chi connectivity index (χ3v) is 6.97. The Hall–Kier alpha value is -2.38. The van der Waals surface area contributed by atoms with E-state index in [0.717, 1.165) is 21.9 Å². The maximum absolute atomic E-state index is 12.9. The fraction of sp³-hybridized carbons (Fsp3) is 0.300. The number of nitrogens with one attached hydrogen (secondary N) is 1. The number of hydrogen-bond acceptors (Lipinski definition) is 4. The van der Waals surface area contributed by atoms with Crippen LogP contribution in [0.15, 0.2) is 36.4 Å². The van der Waals surface area contributed by atoms with Crippen molar-refractivity contribution in [3.05, 3.63) is 58.1 Å². The van der Waals surface area contributed by atoms with Crippen molar-refractivity contribution in [1.82, 2.24) is 0 Å². The van der Waals surface area contributed by atoms with E-state index >= 15 is 0 Å². The van der Waals surface area contributed by atoms with Crippen LogP contribution in [0.2, 0.25) is 5.02 Å². The number of carbonyl (C=O) groups is 2. The molecule has 148 valence electrons. The van der Waals surface area contributed by atoms with Crippen molar-refractivity contribution in [1.29, 1.82) is 0 Å². The van der Waals surface area contributed by atoms with Crippen LogP contribution < -0.4 is 9.62 Å². The number of rotatable bonds is 4. The molecular formula is C20H21ClN2O4S. The quantitative estimate of drug-likeness (QED) is 0.815. The molecule has 1 fully saturated rings. The highest BCUT2D eigenvalue weighted by atomic mass is 35.5. The number of aryl methyl sites for hydroxylation is 2. The van der Waals surface area contributed by atoms with Crippen LogP contribution in [0.1, 0.15) is 35.3 Å². The molecule has 1 atom stereocenters. The summed E-state index contributed by atoms with van der Waals surface area (Å²) < 4.78 is 25.4. The van der Waals surface area contributed by atoms with Gasteiger partial charge >= 0.3 is 0 Å². The van der Waals surface area contributed by atoms with E-state index in [1.54, 1.807) is 6.92 Å². The predicted octanol–water partition coefficient (Wildman–Crippen LogP) is 3.78. The molecular weight excluding hydrogens is 400 g/mol. The number of nitrogens with zero attached hydrogens (tertiary/aromatic N) is 1. The summed E-state index contributed by atoms with van der Waals surface area (Å²) in [7, 11) is -3.76. The summed E-state index contributed by atoms with van der Waals surface area (Å²) in [5.41, 5.74) is 2.81. The number of halogens is 1. The summed E-state index contributed by atoms with van der Waals surface area (Å²) in [4.78, 5) is 25.2. The van der Waals surface area contributed by atoms with E-state index in [0.29, 0.717) is 5.69 Å². The van der Waals surface area contributed by atoms with Crippen molar-refractivity contribution in [2.24, 2.45) is 5.92 Å². The van der Waals surface area contributed by atoms with E-state index < -0.39 is 27.8 Å². The molecule has 1 unspecified atom stereocenters. The lowest BCUT2D eigenvalue weighted by Gasteiger charge is -2.18. The van der Waals surface area contributed by atoms with Gasteiger partial charge in [-0.2, -0.15) is 0 Å². The number of hydrogen-bond donors (Lipinski definition) is 1. The topological polar surface area (TPSA) is 83.6 Å². The highest BCUT2D eigenvalue weighted by molar-refractivity contribution is 7.94. The smallest absolute Gasteiger partial charge is 0.257 e. The van der Waals surface area contributed by atoms with Crippen molar-refractivity contribution < 1.29 is 18.0 Å². The van der Waals surface area contributed by atoms with E-state index in [1.807, 2.05) is 32.0 Å². The molecule has 1 heterocycles. The molecule has 6 nitrogen and oxygen atoms in total. The van der Waals surface area contributed by atoms with Crippen LogP contribution in [-0.2, 0) is 21.2 Å². The molecule has 0 radical (unpaired) electrons. The van der Waals surface area contributed by atoms with Gasteiger partial charge in [0.25, 0.3) is 5.91 Å². The third kappa shape index (κ3) is 3.64. The molecule has 1 aliphatic heterocycles. The Morgan fingerprint density at radius 3 is 2.61 bits per heavy atom. The van der Waals surface area contributed by atoms with Gasteiger partial charge in [-0.1, -0.05) is 43.6 Å². The Morgan fingerprint density at radius 2 is 2.00 bits per heavy atom. The van der Waals surface area contributed by atoms with Gasteiger partial charge in [-0.15, -0.1) is 0 Å². The summed E-state index contributed by atoms with van der Waals surface area (Å²) in [6, 6.07) is 9.94. The summed E-state index contributed by atoms with van der Waals surface area (Å²) in [6.07, 6.45) is 0.740. The molecule has 1 N–H and O–H groups in total. The van der Waals surface area contributed by atoms with E-state index in [9.17, 15) is 18.0 Å². The molecule has 0 aromatic heterocycles. The highest BCUT2D eigenvalue weighted by Crippen LogP contribution is 2.32. The van der Waals surface area contributed by atoms with Crippen molar-refractivity contribution in [3.8, 4) is 0 Å². The first-order chi connectivity index (χ1) is 13.2. The number of anilines is 2. The molecule has 0 spiro atoms. The number of benzene rings is 2. The standard InChI is InChI=1S/C20H21ClN2O4S/c1-4-14-7-5-6-12(2)18(14)22-19(24)16-10-15(8-9-17(16)21)23-20(25)13(3)11-28(23,26)27/h5-10,13H,4,11H2,1-3H3,(H,22,24). The largest absolute Gasteiger partial charge is 0.321 e. The Labute approximate surface area is 169 Å². The van der Waals surface area contributed by atoms with Gasteiger partial charge in [0.2, 0.25) is 15.9 Å². The molecule has 28 heavy (non-hydrogen) atoms. The first-order valence-corrected chi connectivity index (χ1v) is 10.9. The Balaban J connectivity index is 1.99. The fourth-order valence-corrected chi connectivity index (χ4v) is 5.30. The van der Waals surface area contributed by atoms with Crippen LogP contribution >= 0.6 is 11.6 Å². The van der Waals surface area contributed by atoms with Crippen LogP contribution in [0.5, 0.6) is 0 Å². The molecule has 0 saturated carbocycles. The Bertz CT molecular complexity index is 1070. The van der Waals surface area contributed by atoms with Crippen molar-refractivity contribution >= 4 is 44.8 Å². The van der Waals surface area contributed by atoms with Gasteiger partial charge in [0.05, 0.1) is 27.9 Å². The lowest BCUT2D eigenvalue weighted by Crippen LogP contribution is -2.30. The first kappa shape index (κ1) is 20.4. The van der Waals surface area contributed by atoms with Gasteiger partial charge in [0, 0.05) is 5.69 Å². The summed E-state index contributed by atoms with van der Waals surface area (Å²) in [5, 5.41) is 3.04. The minimum absolute atomic E-state index is 0.104. The Morgan fingerprint density at radius 1 is 1.29 bits per heavy atom. The first-order valence-electron chi connectivity index (χ1n) is 8.92. The van der Waals surface area contributed by atoms with Crippen molar-refractivity contribution in [2.45, 2.75) is 27.2 Å². The van der Waals surface area contributed by atoms with Gasteiger partial charge in [0.15, 0.2) is 0 Å². The summed E-state index contributed by atoms with van der Waals surface area (Å²) in [5.74, 6) is -1.86. The van der Waals surface area contributed by atoms with Gasteiger partial charge in [-0.05, 0) is 42.7 Å². The molecule has 1 saturated heterocycles. The average molecular weight is 421 g/mol. The zero-order valence-corrected chi connectivity index (χ0v) is 17.4. The van der Waals surface area contributed by atoms with E-state index in [2.05, 4.69) is 5.32 Å². The van der Waals surface area contributed by atoms with Crippen molar-refractivity contribution in [2.75, 3.05) is 15.4 Å². The fourth-order valence-electron chi connectivity index (χ4n) is 3.28. The second kappa shape index (κ2) is 7.56. The monoisotopic (exact) mass is 420 g/mol. The minimum atomic E-state index is -3.76. The molecule has 3 rings (SSSR count). The van der Waals surface area contributed by atoms with E-state index in [4.69, 9.17) is 11.6 Å². The SMILES string of the molecule is CCc1cccc(C)c1NC(=O)c1cc(N2C(=O)C(C)CS2(=O)=O)ccc1Cl. The second-order valence-corrected chi connectivity index (χ2v) is 9.13. The van der Waals surface area contributed by atoms with Crippen LogP contribution in [0.4, 0.5) is 11.4 Å². The minimum Gasteiger partial charge on any atom is -0.321 e. The summed E-state index contributed by atoms with van der Waals surface area (Å²) >= 11 is 6.20. The van der Waals surface area contributed by atoms with Gasteiger partial charge in [-0.3, -0.25) is 9.59 Å². The molecule has 0 bridgehead atoms. The molecule has 2 aromatic carbocycles. The van der Waals surface area contributed by atoms with Gasteiger partial charge in [-0.25, -0.2) is 12.7 Å². The van der Waals surface area contributed by atoms with Gasteiger partial charge < -0.3 is 5.32 Å². The number of sulfonamides is 1. The van der Waals surface area contributed by atoms with Crippen LogP contribution in [0.3, 0.4) is 0 Å². The van der Waals surface area contributed by atoms with E-state index in [-0.39, 0.29) is 22.0 Å². The van der Waals surface area contributed by atoms with Crippen LogP contribution in [-0.4, -0.2) is 26.0 Å². The maximum atomic E-state index is 12.9. The van der Waals surface area contributed by atoms with Crippen LogP contribution in [0, 0.1) is 12.8 Å². The molecule has 2 amide bonds. The lowest BCUT2D eigenvalue weighted by molar-refractivity contribution is -0.119. The van der Waals surface area contributed by atoms with Crippen molar-refractivity contribution in [3.63, 3.8) is 0 Å². The van der Waals surface area contributed by atoms with Gasteiger partial charge in [0.1, 0.15) is 0 Å². The predicted molar refractivity (Wildman–Crippen MR) is 110 cm³/mol. The van der Waals surface area contributed by atoms with Crippen LogP contribution in [0.25, 0.3) is 0 Å². The molecule has 0 aliphatic carbocycles. The average Bonchev–Trinajstić information content (AvgIpc) is 2.84. The highest BCUT2D eigenvalue weighted by Gasteiger charge is 2.42. The lowest BCUT2D eigenvalue weighted by atomic mass is 10.1. The third-order valence-electron chi connectivity index (χ3n) is 4.77. The number of para-hydroxylation sites is 1. The normalized spacial score (nSPS) is 18.4. The zero-order chi connectivity index (χ0) is 20.6. The molecule has 2 aromatic rings. The maximum Gasteiger partial charge on any atom is 0.257 e. The summed E-state index contributed by atoms with van der Waals surface area (Å²) in [6.45, 7) is 5.45. The molecule has 8 heteroatoms. The molecule has 1 aliphatic rings. The number of amides is 2. The second-order valence-electron chi connectivity index (χ2n) is 6.86. The zero-order valence-electron chi connectivity index (χ0n) is 15.8. The Kier molecular flexibility index (Phi) is 5.50. The number of carbonyl (C=O) groups excluding carboxylic acids is 2.